The molecule has 0 bridgehead atoms. The van der Waals surface area contributed by atoms with Crippen LogP contribution in [0.4, 0.5) is 0 Å². The molecule has 1 saturated heterocycles. The van der Waals surface area contributed by atoms with Crippen LogP contribution in [0.3, 0.4) is 0 Å². The monoisotopic (exact) mass is 113 g/mol. The average molecular weight is 113 g/mol. The van der Waals surface area contributed by atoms with E-state index in [9.17, 15) is 0 Å². The Balaban J connectivity index is 2.14. The van der Waals surface area contributed by atoms with E-state index < -0.39 is 0 Å². The molecule has 0 saturated carbocycles. The molecule has 46 valence electrons. The van der Waals surface area contributed by atoms with E-state index in [-0.39, 0.29) is 0 Å². The van der Waals surface area contributed by atoms with E-state index in [2.05, 4.69) is 10.8 Å². The summed E-state index contributed by atoms with van der Waals surface area (Å²) < 4.78 is 0. The molecule has 1 aliphatic rings. The lowest BCUT2D eigenvalue weighted by Crippen LogP contribution is -2.10. The SMILES string of the molecule is N=N[N-]N1CCCC1. The van der Waals surface area contributed by atoms with Crippen LogP contribution in [-0.4, -0.2) is 18.1 Å². The van der Waals surface area contributed by atoms with Crippen LogP contribution >= 0.6 is 0 Å². The molecule has 0 radical (unpaired) electrons. The number of nitrogens with zero attached hydrogens (tertiary/aromatic N) is 3. The number of nitrogens with one attached hydrogen (secondary N) is 1. The Hall–Kier alpha value is -0.640. The predicted octanol–water partition coefficient (Wildman–Crippen LogP) is 1.32. The van der Waals surface area contributed by atoms with Crippen molar-refractivity contribution >= 4 is 0 Å². The van der Waals surface area contributed by atoms with Crippen molar-refractivity contribution in [3.8, 4) is 0 Å². The highest BCUT2D eigenvalue weighted by molar-refractivity contribution is 4.72. The molecule has 0 aliphatic carbocycles. The first-order chi connectivity index (χ1) is 3.93. The van der Waals surface area contributed by atoms with Crippen molar-refractivity contribution < 1.29 is 0 Å². The highest BCUT2D eigenvalue weighted by Crippen LogP contribution is 2.10. The number of rotatable bonds is 2. The van der Waals surface area contributed by atoms with Crippen LogP contribution in [0.5, 0.6) is 0 Å². The first-order valence-corrected chi connectivity index (χ1v) is 2.76. The molecule has 1 aliphatic heterocycles. The van der Waals surface area contributed by atoms with E-state index in [1.807, 2.05) is 5.01 Å². The molecule has 1 fully saturated rings. The summed E-state index contributed by atoms with van der Waals surface area (Å²) >= 11 is 0. The number of hydrogen-bond donors (Lipinski definition) is 1. The normalized spacial score (nSPS) is 21.0. The van der Waals surface area contributed by atoms with Crippen molar-refractivity contribution in [2.75, 3.05) is 13.1 Å². The van der Waals surface area contributed by atoms with Gasteiger partial charge < -0.3 is 11.1 Å². The molecule has 8 heavy (non-hydrogen) atoms. The van der Waals surface area contributed by atoms with Crippen molar-refractivity contribution in [3.63, 3.8) is 0 Å². The van der Waals surface area contributed by atoms with Crippen molar-refractivity contribution in [3.05, 3.63) is 5.53 Å². The zero-order valence-corrected chi connectivity index (χ0v) is 4.67. The van der Waals surface area contributed by atoms with E-state index in [1.54, 1.807) is 0 Å². The van der Waals surface area contributed by atoms with Crippen LogP contribution in [-0.2, 0) is 0 Å². The molecule has 0 unspecified atom stereocenters. The summed E-state index contributed by atoms with van der Waals surface area (Å²) in [4.78, 5) is 0. The van der Waals surface area contributed by atoms with Gasteiger partial charge in [0, 0.05) is 13.1 Å². The van der Waals surface area contributed by atoms with Crippen LogP contribution in [0, 0.1) is 5.53 Å². The van der Waals surface area contributed by atoms with Crippen LogP contribution in [0.15, 0.2) is 5.22 Å². The van der Waals surface area contributed by atoms with Gasteiger partial charge in [0.1, 0.15) is 0 Å². The molecule has 0 atom stereocenters. The summed E-state index contributed by atoms with van der Waals surface area (Å²) in [7, 11) is 0. The van der Waals surface area contributed by atoms with Crippen LogP contribution in [0.2, 0.25) is 0 Å². The third-order valence-electron chi connectivity index (χ3n) is 1.25. The fourth-order valence-corrected chi connectivity index (χ4v) is 0.853. The summed E-state index contributed by atoms with van der Waals surface area (Å²) in [5, 5.41) is 4.73. The Labute approximate surface area is 48.3 Å². The van der Waals surface area contributed by atoms with E-state index >= 15 is 0 Å². The Morgan fingerprint density at radius 1 is 1.38 bits per heavy atom. The minimum atomic E-state index is 0.975. The minimum absolute atomic E-state index is 0.975. The second-order valence-corrected chi connectivity index (χ2v) is 1.85. The van der Waals surface area contributed by atoms with Gasteiger partial charge in [-0.2, -0.15) is 0 Å². The smallest absolute Gasteiger partial charge is 0.00167 e. The first-order valence-electron chi connectivity index (χ1n) is 2.76. The Morgan fingerprint density at radius 3 is 2.50 bits per heavy atom. The quantitative estimate of drug-likeness (QED) is 0.426. The van der Waals surface area contributed by atoms with Gasteiger partial charge in [-0.15, -0.1) is 0 Å². The van der Waals surface area contributed by atoms with Gasteiger partial charge in [-0.1, -0.05) is 0 Å². The van der Waals surface area contributed by atoms with Gasteiger partial charge in [0.05, 0.1) is 0 Å². The maximum atomic E-state index is 6.38. The lowest BCUT2D eigenvalue weighted by atomic mass is 10.4. The molecule has 0 aromatic heterocycles. The van der Waals surface area contributed by atoms with Crippen molar-refractivity contribution in [1.29, 1.82) is 5.53 Å². The van der Waals surface area contributed by atoms with Crippen molar-refractivity contribution in [2.24, 2.45) is 5.22 Å². The highest BCUT2D eigenvalue weighted by Gasteiger charge is 2.05. The average Bonchev–Trinajstić information content (AvgIpc) is 2.19. The van der Waals surface area contributed by atoms with Gasteiger partial charge in [-0.05, 0) is 12.8 Å². The fraction of sp³-hybridized carbons (Fsp3) is 1.00. The third-order valence-corrected chi connectivity index (χ3v) is 1.25. The molecule has 0 amide bonds. The summed E-state index contributed by atoms with van der Waals surface area (Å²) in [6.45, 7) is 1.95. The summed E-state index contributed by atoms with van der Waals surface area (Å²) in [6, 6.07) is 0. The van der Waals surface area contributed by atoms with Gasteiger partial charge in [-0.25, -0.2) is 0 Å². The van der Waals surface area contributed by atoms with Gasteiger partial charge in [-0.3, -0.25) is 10.2 Å². The minimum Gasteiger partial charge on any atom is -0.397 e. The molecule has 4 heteroatoms. The molecule has 0 spiro atoms. The zero-order chi connectivity index (χ0) is 5.82. The van der Waals surface area contributed by atoms with E-state index in [0.717, 1.165) is 13.1 Å². The maximum absolute atomic E-state index is 6.38. The summed E-state index contributed by atoms with van der Waals surface area (Å²) in [5.74, 6) is 0. The topological polar surface area (TPSA) is 53.6 Å². The van der Waals surface area contributed by atoms with Crippen molar-refractivity contribution in [1.82, 2.24) is 5.01 Å². The molecular weight excluding hydrogens is 104 g/mol. The second kappa shape index (κ2) is 2.61. The third kappa shape index (κ3) is 1.16. The van der Waals surface area contributed by atoms with Gasteiger partial charge in [0.2, 0.25) is 0 Å². The molecule has 1 heterocycles. The largest absolute Gasteiger partial charge is 0.397 e. The Morgan fingerprint density at radius 2 is 2.00 bits per heavy atom. The van der Waals surface area contributed by atoms with E-state index in [0.29, 0.717) is 0 Å². The van der Waals surface area contributed by atoms with Crippen LogP contribution < -0.4 is 0 Å². The molecule has 4 nitrogen and oxygen atoms in total. The standard InChI is InChI=1S/C4H9N4/c5-6-7-8-3-1-2-4-8/h1-4H2,(H-,5,7)/q-1. The van der Waals surface area contributed by atoms with Gasteiger partial charge in [0.25, 0.3) is 0 Å². The van der Waals surface area contributed by atoms with E-state index in [4.69, 9.17) is 5.53 Å². The Bertz CT molecular complexity index is 76.1. The highest BCUT2D eigenvalue weighted by atomic mass is 15.7. The molecule has 1 rings (SSSR count). The maximum Gasteiger partial charge on any atom is 0.00167 e. The van der Waals surface area contributed by atoms with Gasteiger partial charge >= 0.3 is 0 Å². The van der Waals surface area contributed by atoms with Crippen LogP contribution in [0.1, 0.15) is 12.8 Å². The lowest BCUT2D eigenvalue weighted by Gasteiger charge is -2.17. The number of hydrogen-bond acceptors (Lipinski definition) is 3. The first kappa shape index (κ1) is 5.50. The lowest BCUT2D eigenvalue weighted by molar-refractivity contribution is 0.417. The Kier molecular flexibility index (Phi) is 1.80. The second-order valence-electron chi connectivity index (χ2n) is 1.85. The fourth-order valence-electron chi connectivity index (χ4n) is 0.853. The molecule has 1 N–H and O–H groups in total. The predicted molar refractivity (Wildman–Crippen MR) is 29.3 cm³/mol. The molecule has 0 aromatic carbocycles. The summed E-state index contributed by atoms with van der Waals surface area (Å²) in [5.41, 5.74) is 9.93. The molecule has 0 aromatic rings. The zero-order valence-electron chi connectivity index (χ0n) is 4.67. The van der Waals surface area contributed by atoms with Gasteiger partial charge in [0.15, 0.2) is 0 Å². The van der Waals surface area contributed by atoms with E-state index in [1.165, 1.54) is 12.8 Å². The van der Waals surface area contributed by atoms with Crippen LogP contribution in [0.25, 0.3) is 5.53 Å². The summed E-state index contributed by atoms with van der Waals surface area (Å²) in [6.07, 6.45) is 2.39. The molecular formula is C4H9N4-. The van der Waals surface area contributed by atoms with Crippen molar-refractivity contribution in [2.45, 2.75) is 12.8 Å².